The first-order valence-corrected chi connectivity index (χ1v) is 10.3. The molecule has 0 saturated carbocycles. The van der Waals surface area contributed by atoms with E-state index in [4.69, 9.17) is 16.3 Å². The molecule has 0 aliphatic carbocycles. The summed E-state index contributed by atoms with van der Waals surface area (Å²) in [5.74, 6) is 0.0315. The third kappa shape index (κ3) is 3.94. The average Bonchev–Trinajstić information content (AvgIpc) is 2.76. The van der Waals surface area contributed by atoms with Crippen LogP contribution in [0.1, 0.15) is 12.0 Å². The van der Waals surface area contributed by atoms with E-state index in [1.54, 1.807) is 42.5 Å². The molecule has 1 aliphatic heterocycles. The van der Waals surface area contributed by atoms with E-state index in [9.17, 15) is 13.2 Å². The predicted octanol–water partition coefficient (Wildman–Crippen LogP) is 3.20. The van der Waals surface area contributed by atoms with Crippen molar-refractivity contribution in [3.05, 3.63) is 53.1 Å². The Balaban J connectivity index is 1.85. The summed E-state index contributed by atoms with van der Waals surface area (Å²) in [6, 6.07) is 12.0. The van der Waals surface area contributed by atoms with Crippen LogP contribution in [0.15, 0.2) is 42.5 Å². The molecule has 1 atom stereocenters. The van der Waals surface area contributed by atoms with Crippen LogP contribution in [0.3, 0.4) is 0 Å². The van der Waals surface area contributed by atoms with Crippen LogP contribution in [-0.4, -0.2) is 33.2 Å². The fraction of sp³-hybridized carbons (Fsp3) is 0.278. The summed E-state index contributed by atoms with van der Waals surface area (Å²) in [5.41, 5.74) is 1.91. The maximum Gasteiger partial charge on any atom is 0.265 e. The van der Waals surface area contributed by atoms with Gasteiger partial charge in [0.1, 0.15) is 5.75 Å². The van der Waals surface area contributed by atoms with E-state index in [-0.39, 0.29) is 18.9 Å². The molecule has 0 bridgehead atoms. The highest BCUT2D eigenvalue weighted by Crippen LogP contribution is 2.34. The molecular formula is C18H19ClN2O4S. The minimum Gasteiger partial charge on any atom is -0.478 e. The highest BCUT2D eigenvalue weighted by Gasteiger charge is 2.31. The zero-order valence-electron chi connectivity index (χ0n) is 14.4. The standard InChI is InChI=1S/C18H19ClN2O4S/c1-12-11-13(19)7-8-14(12)20-18(22)17-9-10-21(26(2,23)24)15-5-3-4-6-16(15)25-17/h3-8,11,17H,9-10H2,1-2H3,(H,20,22)/t17-/m0/s1. The summed E-state index contributed by atoms with van der Waals surface area (Å²) < 4.78 is 31.3. The molecule has 2 aromatic rings. The van der Waals surface area contributed by atoms with Gasteiger partial charge in [-0.3, -0.25) is 9.10 Å². The zero-order chi connectivity index (χ0) is 18.9. The topological polar surface area (TPSA) is 75.7 Å². The minimum absolute atomic E-state index is 0.160. The summed E-state index contributed by atoms with van der Waals surface area (Å²) >= 11 is 5.94. The van der Waals surface area contributed by atoms with E-state index in [2.05, 4.69) is 5.32 Å². The van der Waals surface area contributed by atoms with Gasteiger partial charge in [-0.1, -0.05) is 23.7 Å². The quantitative estimate of drug-likeness (QED) is 0.867. The fourth-order valence-corrected chi connectivity index (χ4v) is 4.01. The maximum atomic E-state index is 12.7. The molecule has 0 unspecified atom stereocenters. The number of nitrogens with one attached hydrogen (secondary N) is 1. The van der Waals surface area contributed by atoms with Crippen molar-refractivity contribution in [3.63, 3.8) is 0 Å². The first-order valence-electron chi connectivity index (χ1n) is 8.06. The lowest BCUT2D eigenvalue weighted by atomic mass is 10.2. The average molecular weight is 395 g/mol. The van der Waals surface area contributed by atoms with Gasteiger partial charge in [-0.05, 0) is 42.8 Å². The van der Waals surface area contributed by atoms with Crippen LogP contribution in [0, 0.1) is 6.92 Å². The van der Waals surface area contributed by atoms with Crippen LogP contribution in [0.2, 0.25) is 5.02 Å². The number of para-hydroxylation sites is 2. The van der Waals surface area contributed by atoms with Gasteiger partial charge in [-0.15, -0.1) is 0 Å². The predicted molar refractivity (Wildman–Crippen MR) is 102 cm³/mol. The lowest BCUT2D eigenvalue weighted by Gasteiger charge is -2.20. The van der Waals surface area contributed by atoms with E-state index in [1.807, 2.05) is 6.92 Å². The van der Waals surface area contributed by atoms with Crippen molar-refractivity contribution < 1.29 is 17.9 Å². The van der Waals surface area contributed by atoms with Crippen LogP contribution in [-0.2, 0) is 14.8 Å². The van der Waals surface area contributed by atoms with Gasteiger partial charge in [0.25, 0.3) is 5.91 Å². The molecule has 1 heterocycles. The Kier molecular flexibility index (Phi) is 5.11. The van der Waals surface area contributed by atoms with Crippen LogP contribution in [0.5, 0.6) is 5.75 Å². The second-order valence-corrected chi connectivity index (χ2v) is 8.49. The molecule has 3 rings (SSSR count). The Morgan fingerprint density at radius 3 is 2.69 bits per heavy atom. The number of halogens is 1. The normalized spacial score (nSPS) is 17.0. The Hall–Kier alpha value is -2.25. The van der Waals surface area contributed by atoms with Crippen LogP contribution < -0.4 is 14.4 Å². The minimum atomic E-state index is -3.48. The zero-order valence-corrected chi connectivity index (χ0v) is 16.0. The highest BCUT2D eigenvalue weighted by molar-refractivity contribution is 7.92. The van der Waals surface area contributed by atoms with Gasteiger partial charge in [0.05, 0.1) is 11.9 Å². The van der Waals surface area contributed by atoms with Gasteiger partial charge < -0.3 is 10.1 Å². The first kappa shape index (κ1) is 18.5. The number of rotatable bonds is 3. The lowest BCUT2D eigenvalue weighted by Crippen LogP contribution is -2.36. The van der Waals surface area contributed by atoms with Crippen molar-refractivity contribution in [2.45, 2.75) is 19.4 Å². The molecule has 8 heteroatoms. The maximum absolute atomic E-state index is 12.7. The third-order valence-electron chi connectivity index (χ3n) is 4.14. The fourth-order valence-electron chi connectivity index (χ4n) is 2.84. The molecule has 138 valence electrons. The molecule has 2 aromatic carbocycles. The number of benzene rings is 2. The molecule has 0 fully saturated rings. The number of hydrogen-bond acceptors (Lipinski definition) is 4. The summed E-state index contributed by atoms with van der Waals surface area (Å²) in [7, 11) is -3.48. The van der Waals surface area contributed by atoms with Gasteiger partial charge in [0.2, 0.25) is 10.0 Å². The summed E-state index contributed by atoms with van der Waals surface area (Å²) in [6.07, 6.45) is 0.569. The van der Waals surface area contributed by atoms with Gasteiger partial charge >= 0.3 is 0 Å². The second-order valence-electron chi connectivity index (χ2n) is 6.15. The third-order valence-corrected chi connectivity index (χ3v) is 5.55. The highest BCUT2D eigenvalue weighted by atomic mass is 35.5. The first-order chi connectivity index (χ1) is 12.3. The number of aryl methyl sites for hydroxylation is 1. The number of hydrogen-bond donors (Lipinski definition) is 1. The number of sulfonamides is 1. The van der Waals surface area contributed by atoms with Crippen LogP contribution in [0.4, 0.5) is 11.4 Å². The molecule has 0 saturated heterocycles. The van der Waals surface area contributed by atoms with Crippen molar-refractivity contribution in [2.24, 2.45) is 0 Å². The SMILES string of the molecule is Cc1cc(Cl)ccc1NC(=O)[C@@H]1CCN(S(C)(=O)=O)c2ccccc2O1. The molecule has 26 heavy (non-hydrogen) atoms. The molecule has 6 nitrogen and oxygen atoms in total. The molecule has 1 amide bonds. The number of amides is 1. The summed E-state index contributed by atoms with van der Waals surface area (Å²) in [5, 5.41) is 3.42. The van der Waals surface area contributed by atoms with Crippen molar-refractivity contribution in [1.29, 1.82) is 0 Å². The van der Waals surface area contributed by atoms with Crippen molar-refractivity contribution in [1.82, 2.24) is 0 Å². The van der Waals surface area contributed by atoms with Gasteiger partial charge in [0, 0.05) is 23.7 Å². The van der Waals surface area contributed by atoms with Gasteiger partial charge in [-0.2, -0.15) is 0 Å². The van der Waals surface area contributed by atoms with Crippen molar-refractivity contribution in [3.8, 4) is 5.75 Å². The van der Waals surface area contributed by atoms with Crippen LogP contribution in [0.25, 0.3) is 0 Å². The summed E-state index contributed by atoms with van der Waals surface area (Å²) in [4.78, 5) is 12.7. The number of anilines is 2. The molecule has 0 spiro atoms. The Labute approximate surface area is 157 Å². The number of fused-ring (bicyclic) bond motifs is 1. The monoisotopic (exact) mass is 394 g/mol. The van der Waals surface area contributed by atoms with Crippen molar-refractivity contribution in [2.75, 3.05) is 22.4 Å². The Morgan fingerprint density at radius 1 is 1.27 bits per heavy atom. The van der Waals surface area contributed by atoms with E-state index in [0.29, 0.717) is 22.1 Å². The smallest absolute Gasteiger partial charge is 0.265 e. The molecular weight excluding hydrogens is 376 g/mol. The molecule has 1 N–H and O–H groups in total. The number of carbonyl (C=O) groups is 1. The van der Waals surface area contributed by atoms with Crippen molar-refractivity contribution >= 4 is 38.9 Å². The van der Waals surface area contributed by atoms with E-state index >= 15 is 0 Å². The molecule has 1 aliphatic rings. The Morgan fingerprint density at radius 2 is 2.00 bits per heavy atom. The molecule has 0 aromatic heterocycles. The van der Waals surface area contributed by atoms with E-state index < -0.39 is 16.1 Å². The number of nitrogens with zero attached hydrogens (tertiary/aromatic N) is 1. The summed E-state index contributed by atoms with van der Waals surface area (Å²) in [6.45, 7) is 2.00. The lowest BCUT2D eigenvalue weighted by molar-refractivity contribution is -0.122. The van der Waals surface area contributed by atoms with E-state index in [0.717, 1.165) is 11.8 Å². The Bertz CT molecular complexity index is 946. The van der Waals surface area contributed by atoms with Crippen LogP contribution >= 0.6 is 11.6 Å². The van der Waals surface area contributed by atoms with Gasteiger partial charge in [0.15, 0.2) is 6.10 Å². The second kappa shape index (κ2) is 7.17. The largest absolute Gasteiger partial charge is 0.478 e. The number of ether oxygens (including phenoxy) is 1. The van der Waals surface area contributed by atoms with Gasteiger partial charge in [-0.25, -0.2) is 8.42 Å². The van der Waals surface area contributed by atoms with E-state index in [1.165, 1.54) is 4.31 Å². The number of carbonyl (C=O) groups excluding carboxylic acids is 1. The molecule has 0 radical (unpaired) electrons.